The Morgan fingerprint density at radius 2 is 0.597 bits per heavy atom. The fraction of sp³-hybridized carbons (Fsp3) is 0. The Labute approximate surface area is 354 Å². The van der Waals surface area contributed by atoms with Crippen LogP contribution in [0.4, 0.5) is 34.1 Å². The molecule has 0 aliphatic carbocycles. The van der Waals surface area contributed by atoms with E-state index in [1.165, 1.54) is 0 Å². The highest BCUT2D eigenvalue weighted by Gasteiger charge is 2.21. The molecule has 0 saturated heterocycles. The topological polar surface area (TPSA) is 128 Å². The zero-order chi connectivity index (χ0) is 41.9. The van der Waals surface area contributed by atoms with Crippen molar-refractivity contribution in [2.75, 3.05) is 9.80 Å². The minimum atomic E-state index is 0.574. The molecule has 0 radical (unpaired) electrons. The predicted molar refractivity (Wildman–Crippen MR) is 244 cm³/mol. The summed E-state index contributed by atoms with van der Waals surface area (Å²) in [5.74, 6) is 0. The van der Waals surface area contributed by atoms with Gasteiger partial charge in [-0.25, -0.2) is 0 Å². The van der Waals surface area contributed by atoms with E-state index in [9.17, 15) is 21.0 Å². The molecule has 9 aromatic carbocycles. The number of anilines is 6. The summed E-state index contributed by atoms with van der Waals surface area (Å²) in [6.45, 7) is 0. The van der Waals surface area contributed by atoms with E-state index in [1.807, 2.05) is 60.7 Å². The average molecular weight is 793 g/mol. The SMILES string of the molecule is N#Cc1ccc(N(c2ccc(C#N)cc2)c2ccc3c(ccc4c3oc3ccc5oc6c7ccc(N(c8ccc(C#N)cc8)c8ccc(C#N)cc8)cc7ccc6c5c34)c2)cc1. The molecule has 0 N–H and O–H groups in total. The van der Waals surface area contributed by atoms with E-state index in [0.29, 0.717) is 22.3 Å². The zero-order valence-electron chi connectivity index (χ0n) is 32.7. The summed E-state index contributed by atoms with van der Waals surface area (Å²) in [6, 6.07) is 63.6. The quantitative estimate of drug-likeness (QED) is 0.163. The van der Waals surface area contributed by atoms with Crippen LogP contribution in [-0.2, 0) is 0 Å². The highest BCUT2D eigenvalue weighted by Crippen LogP contribution is 2.45. The van der Waals surface area contributed by atoms with Gasteiger partial charge in [0.15, 0.2) is 0 Å². The van der Waals surface area contributed by atoms with Crippen LogP contribution in [0.15, 0.2) is 179 Å². The van der Waals surface area contributed by atoms with Gasteiger partial charge in [0, 0.05) is 66.4 Å². The Kier molecular flexibility index (Phi) is 8.19. The van der Waals surface area contributed by atoms with Crippen LogP contribution in [0.1, 0.15) is 22.3 Å². The highest BCUT2D eigenvalue weighted by molar-refractivity contribution is 6.30. The molecule has 8 heteroatoms. The third-order valence-electron chi connectivity index (χ3n) is 11.5. The Bertz CT molecular complexity index is 3410. The minimum absolute atomic E-state index is 0.574. The summed E-state index contributed by atoms with van der Waals surface area (Å²) >= 11 is 0. The Balaban J connectivity index is 1.03. The molecule has 0 spiro atoms. The summed E-state index contributed by atoms with van der Waals surface area (Å²) in [7, 11) is 0. The maximum atomic E-state index is 9.45. The molecular weight excluding hydrogens is 765 g/mol. The van der Waals surface area contributed by atoms with Gasteiger partial charge in [0.1, 0.15) is 22.3 Å². The van der Waals surface area contributed by atoms with Crippen LogP contribution in [-0.4, -0.2) is 0 Å². The Morgan fingerprint density at radius 1 is 0.306 bits per heavy atom. The monoisotopic (exact) mass is 792 g/mol. The summed E-state index contributed by atoms with van der Waals surface area (Å²) in [4.78, 5) is 4.22. The van der Waals surface area contributed by atoms with Crippen LogP contribution in [0.3, 0.4) is 0 Å². The molecule has 2 heterocycles. The van der Waals surface area contributed by atoms with E-state index in [0.717, 1.165) is 99.5 Å². The van der Waals surface area contributed by atoms with Crippen molar-refractivity contribution >= 4 is 99.5 Å². The number of hydrogen-bond acceptors (Lipinski definition) is 8. The first-order valence-electron chi connectivity index (χ1n) is 19.8. The highest BCUT2D eigenvalue weighted by atomic mass is 16.3. The van der Waals surface area contributed by atoms with Crippen molar-refractivity contribution in [2.24, 2.45) is 0 Å². The van der Waals surface area contributed by atoms with Crippen molar-refractivity contribution < 1.29 is 8.83 Å². The molecule has 0 aliphatic heterocycles. The molecule has 0 fully saturated rings. The molecule has 2 aromatic heterocycles. The van der Waals surface area contributed by atoms with Crippen molar-refractivity contribution in [2.45, 2.75) is 0 Å². The van der Waals surface area contributed by atoms with Crippen molar-refractivity contribution in [3.63, 3.8) is 0 Å². The number of fused-ring (bicyclic) bond motifs is 11. The lowest BCUT2D eigenvalue weighted by Crippen LogP contribution is -2.10. The molecule has 0 atom stereocenters. The second kappa shape index (κ2) is 14.2. The lowest BCUT2D eigenvalue weighted by atomic mass is 10.00. The van der Waals surface area contributed by atoms with E-state index >= 15 is 0 Å². The fourth-order valence-electron chi connectivity index (χ4n) is 8.59. The van der Waals surface area contributed by atoms with Gasteiger partial charge in [-0.3, -0.25) is 0 Å². The molecule has 11 rings (SSSR count). The zero-order valence-corrected chi connectivity index (χ0v) is 32.7. The second-order valence-corrected chi connectivity index (χ2v) is 15.0. The molecule has 62 heavy (non-hydrogen) atoms. The summed E-state index contributed by atoms with van der Waals surface area (Å²) in [6.07, 6.45) is 0. The summed E-state index contributed by atoms with van der Waals surface area (Å²) in [5, 5.41) is 45.7. The van der Waals surface area contributed by atoms with E-state index in [4.69, 9.17) is 8.83 Å². The Hall–Kier alpha value is -9.34. The summed E-state index contributed by atoms with van der Waals surface area (Å²) in [5.41, 5.74) is 10.7. The van der Waals surface area contributed by atoms with E-state index in [1.54, 1.807) is 48.5 Å². The first kappa shape index (κ1) is 35.8. The van der Waals surface area contributed by atoms with E-state index in [2.05, 4.69) is 94.7 Å². The van der Waals surface area contributed by atoms with Gasteiger partial charge in [0.05, 0.1) is 46.5 Å². The van der Waals surface area contributed by atoms with Gasteiger partial charge in [-0.1, -0.05) is 12.1 Å². The largest absolute Gasteiger partial charge is 0.455 e. The van der Waals surface area contributed by atoms with Gasteiger partial charge in [0.2, 0.25) is 0 Å². The van der Waals surface area contributed by atoms with E-state index < -0.39 is 0 Å². The fourth-order valence-corrected chi connectivity index (χ4v) is 8.59. The lowest BCUT2D eigenvalue weighted by molar-refractivity contribution is 0.666. The molecule has 0 aliphatic rings. The maximum absolute atomic E-state index is 9.45. The Morgan fingerprint density at radius 3 is 0.903 bits per heavy atom. The lowest BCUT2D eigenvalue weighted by Gasteiger charge is -2.26. The number of hydrogen-bond donors (Lipinski definition) is 0. The first-order chi connectivity index (χ1) is 30.5. The van der Waals surface area contributed by atoms with Crippen LogP contribution in [0.5, 0.6) is 0 Å². The molecular formula is C54H28N6O2. The molecule has 286 valence electrons. The van der Waals surface area contributed by atoms with Crippen molar-refractivity contribution in [3.05, 3.63) is 192 Å². The third kappa shape index (κ3) is 5.73. The number of rotatable bonds is 6. The van der Waals surface area contributed by atoms with Gasteiger partial charge in [0.25, 0.3) is 0 Å². The molecule has 0 amide bonds. The van der Waals surface area contributed by atoms with Gasteiger partial charge in [-0.05, 0) is 168 Å². The average Bonchev–Trinajstić information content (AvgIpc) is 3.91. The maximum Gasteiger partial charge on any atom is 0.143 e. The number of nitrogens with zero attached hydrogens (tertiary/aromatic N) is 6. The van der Waals surface area contributed by atoms with Crippen LogP contribution >= 0.6 is 0 Å². The minimum Gasteiger partial charge on any atom is -0.455 e. The van der Waals surface area contributed by atoms with Gasteiger partial charge in [-0.15, -0.1) is 0 Å². The molecule has 8 nitrogen and oxygen atoms in total. The summed E-state index contributed by atoms with van der Waals surface area (Å²) < 4.78 is 13.4. The molecule has 0 saturated carbocycles. The predicted octanol–water partition coefficient (Wildman–Crippen LogP) is 14.2. The number of benzene rings is 9. The van der Waals surface area contributed by atoms with Gasteiger partial charge in [-0.2, -0.15) is 21.0 Å². The number of nitriles is 4. The standard InChI is InChI=1S/C54H28N6O2/c55-29-33-1-11-39(12-2-33)59(40-13-3-34(30-56)4-14-40)43-19-23-45-37(27-43)9-21-47-51-49(61-53(45)47)25-26-50-52(51)48-22-10-38-28-44(20-24-46(38)54(48)62-50)60(41-15-5-35(31-57)6-16-41)42-17-7-36(32-58)8-18-42/h1-28H. The molecule has 0 unspecified atom stereocenters. The second-order valence-electron chi connectivity index (χ2n) is 15.0. The third-order valence-corrected chi connectivity index (χ3v) is 11.5. The van der Waals surface area contributed by atoms with Crippen LogP contribution in [0, 0.1) is 45.3 Å². The van der Waals surface area contributed by atoms with E-state index in [-0.39, 0.29) is 0 Å². The normalized spacial score (nSPS) is 11.2. The van der Waals surface area contributed by atoms with Crippen LogP contribution in [0.2, 0.25) is 0 Å². The number of furan rings is 2. The van der Waals surface area contributed by atoms with Crippen molar-refractivity contribution in [1.82, 2.24) is 0 Å². The van der Waals surface area contributed by atoms with Crippen LogP contribution < -0.4 is 9.80 Å². The van der Waals surface area contributed by atoms with Gasteiger partial charge >= 0.3 is 0 Å². The smallest absolute Gasteiger partial charge is 0.143 e. The van der Waals surface area contributed by atoms with Gasteiger partial charge < -0.3 is 18.6 Å². The van der Waals surface area contributed by atoms with Crippen molar-refractivity contribution in [1.29, 1.82) is 21.0 Å². The molecule has 11 aromatic rings. The van der Waals surface area contributed by atoms with Crippen LogP contribution in [0.25, 0.3) is 65.4 Å². The molecule has 0 bridgehead atoms. The van der Waals surface area contributed by atoms with Crippen molar-refractivity contribution in [3.8, 4) is 24.3 Å². The first-order valence-corrected chi connectivity index (χ1v) is 19.8.